The minimum atomic E-state index is 0. The molecule has 0 saturated heterocycles. The average molecular weight is 352 g/mol. The summed E-state index contributed by atoms with van der Waals surface area (Å²) in [5, 5.41) is 2.43. The molecule has 0 bridgehead atoms. The summed E-state index contributed by atoms with van der Waals surface area (Å²) in [6.45, 7) is 0. The van der Waals surface area contributed by atoms with Gasteiger partial charge >= 0.3 is 17.1 Å². The zero-order valence-corrected chi connectivity index (χ0v) is 14.1. The minimum Gasteiger partial charge on any atom is -0.398 e. The molecule has 0 amide bonds. The number of H-pyrrole nitrogens is 1. The van der Waals surface area contributed by atoms with Gasteiger partial charge in [0.2, 0.25) is 0 Å². The van der Waals surface area contributed by atoms with E-state index in [9.17, 15) is 0 Å². The molecule has 5 rings (SSSR count). The van der Waals surface area contributed by atoms with Crippen molar-refractivity contribution < 1.29 is 17.1 Å². The van der Waals surface area contributed by atoms with E-state index in [-0.39, 0.29) is 17.1 Å². The van der Waals surface area contributed by atoms with Gasteiger partial charge in [-0.05, 0) is 29.2 Å². The molecule has 1 N–H and O–H groups in total. The van der Waals surface area contributed by atoms with Crippen molar-refractivity contribution in [3.8, 4) is 11.3 Å². The van der Waals surface area contributed by atoms with Gasteiger partial charge in [0.05, 0.1) is 5.52 Å². The number of para-hydroxylation sites is 1. The maximum atomic E-state index is 4.79. The summed E-state index contributed by atoms with van der Waals surface area (Å²) in [6.07, 6.45) is 1.98. The minimum absolute atomic E-state index is 0. The van der Waals surface area contributed by atoms with Crippen molar-refractivity contribution in [2.45, 2.75) is 0 Å². The Bertz CT molecular complexity index is 992. The third-order valence-corrected chi connectivity index (χ3v) is 3.90. The van der Waals surface area contributed by atoms with Crippen molar-refractivity contribution in [2.24, 2.45) is 0 Å². The predicted octanol–water partition coefficient (Wildman–Crippen LogP) is 5.51. The molecule has 24 heavy (non-hydrogen) atoms. The van der Waals surface area contributed by atoms with Crippen LogP contribution in [-0.4, -0.2) is 9.97 Å². The maximum Gasteiger partial charge on any atom is 2.00 e. The van der Waals surface area contributed by atoms with Gasteiger partial charge < -0.3 is 4.98 Å². The summed E-state index contributed by atoms with van der Waals surface area (Å²) >= 11 is 0. The van der Waals surface area contributed by atoms with E-state index in [2.05, 4.69) is 41.4 Å². The molecule has 2 nitrogen and oxygen atoms in total. The van der Waals surface area contributed by atoms with E-state index in [1.165, 1.54) is 10.8 Å². The zero-order chi connectivity index (χ0) is 15.5. The van der Waals surface area contributed by atoms with Crippen LogP contribution in [-0.2, 0) is 17.1 Å². The van der Waals surface area contributed by atoms with Crippen LogP contribution in [0.5, 0.6) is 0 Å². The van der Waals surface area contributed by atoms with Gasteiger partial charge in [-0.2, -0.15) is 30.3 Å². The molecule has 3 heteroatoms. The van der Waals surface area contributed by atoms with Gasteiger partial charge in [0.15, 0.2) is 0 Å². The molecule has 0 saturated carbocycles. The molecule has 0 radical (unpaired) electrons. The van der Waals surface area contributed by atoms with Crippen molar-refractivity contribution in [1.82, 2.24) is 9.97 Å². The average Bonchev–Trinajstić information content (AvgIpc) is 3.38. The van der Waals surface area contributed by atoms with E-state index < -0.39 is 0 Å². The first-order chi connectivity index (χ1) is 11.4. The number of fused-ring (bicyclic) bond motifs is 3. The van der Waals surface area contributed by atoms with Crippen molar-refractivity contribution >= 4 is 21.8 Å². The summed E-state index contributed by atoms with van der Waals surface area (Å²) in [5.41, 5.74) is 4.34. The fourth-order valence-corrected chi connectivity index (χ4v) is 2.83. The van der Waals surface area contributed by atoms with Crippen molar-refractivity contribution in [3.05, 3.63) is 91.1 Å². The number of nitrogens with zero attached hydrogens (tertiary/aromatic N) is 1. The van der Waals surface area contributed by atoms with Crippen LogP contribution in [0.2, 0.25) is 0 Å². The third-order valence-electron chi connectivity index (χ3n) is 3.90. The first-order valence-electron chi connectivity index (χ1n) is 7.68. The first kappa shape index (κ1) is 16.3. The van der Waals surface area contributed by atoms with Crippen LogP contribution >= 0.6 is 0 Å². The van der Waals surface area contributed by atoms with E-state index in [1.807, 2.05) is 54.7 Å². The third kappa shape index (κ3) is 3.05. The van der Waals surface area contributed by atoms with Gasteiger partial charge in [-0.3, -0.25) is 4.98 Å². The van der Waals surface area contributed by atoms with Crippen LogP contribution in [0.4, 0.5) is 0 Å². The van der Waals surface area contributed by atoms with E-state index >= 15 is 0 Å². The second-order valence-electron chi connectivity index (χ2n) is 5.38. The molecule has 0 aliphatic heterocycles. The number of aromatic amines is 1. The molecule has 0 aliphatic rings. The fourth-order valence-electron chi connectivity index (χ4n) is 2.83. The smallest absolute Gasteiger partial charge is 0.398 e. The van der Waals surface area contributed by atoms with Crippen molar-refractivity contribution in [1.29, 1.82) is 0 Å². The number of aromatic nitrogens is 2. The van der Waals surface area contributed by atoms with Gasteiger partial charge in [-0.15, -0.1) is 12.1 Å². The molecule has 118 valence electrons. The SMILES string of the molecule is [Fe+2].c1cc[cH-]c1.c1ccc2c(c1)nc(-[c-]1cccc1)c1[nH]ccc12. The van der Waals surface area contributed by atoms with Crippen molar-refractivity contribution in [2.75, 3.05) is 0 Å². The van der Waals surface area contributed by atoms with Crippen molar-refractivity contribution in [3.63, 3.8) is 0 Å². The molecular formula is C21H16FeN2. The molecule has 0 fully saturated rings. The first-order valence-corrected chi connectivity index (χ1v) is 7.68. The molecule has 0 spiro atoms. The molecule has 5 aromatic rings. The quantitative estimate of drug-likeness (QED) is 0.313. The summed E-state index contributed by atoms with van der Waals surface area (Å²) in [4.78, 5) is 8.09. The second kappa shape index (κ2) is 7.31. The van der Waals surface area contributed by atoms with Crippen LogP contribution in [0.3, 0.4) is 0 Å². The van der Waals surface area contributed by atoms with Gasteiger partial charge in [0.1, 0.15) is 0 Å². The monoisotopic (exact) mass is 352 g/mol. The summed E-state index contributed by atoms with van der Waals surface area (Å²) in [6, 6.07) is 28.7. The zero-order valence-electron chi connectivity index (χ0n) is 13.0. The normalized spacial score (nSPS) is 10.2. The number of rotatable bonds is 1. The second-order valence-corrected chi connectivity index (χ2v) is 5.38. The molecule has 3 aromatic carbocycles. The number of hydrogen-bond donors (Lipinski definition) is 1. The molecule has 0 unspecified atom stereocenters. The Kier molecular flexibility index (Phi) is 4.95. The number of hydrogen-bond acceptors (Lipinski definition) is 1. The van der Waals surface area contributed by atoms with Crippen LogP contribution in [0, 0.1) is 0 Å². The van der Waals surface area contributed by atoms with E-state index in [4.69, 9.17) is 4.98 Å². The Hall–Kier alpha value is -2.61. The Labute approximate surface area is 151 Å². The van der Waals surface area contributed by atoms with Gasteiger partial charge in [0.25, 0.3) is 0 Å². The Morgan fingerprint density at radius 3 is 2.29 bits per heavy atom. The number of benzene rings is 1. The number of nitrogens with one attached hydrogen (secondary N) is 1. The Morgan fingerprint density at radius 1 is 0.833 bits per heavy atom. The summed E-state index contributed by atoms with van der Waals surface area (Å²) in [7, 11) is 0. The summed E-state index contributed by atoms with van der Waals surface area (Å²) in [5.74, 6) is 0. The Balaban J connectivity index is 0.000000245. The van der Waals surface area contributed by atoms with Crippen LogP contribution < -0.4 is 0 Å². The van der Waals surface area contributed by atoms with Gasteiger partial charge in [-0.1, -0.05) is 23.8 Å². The Morgan fingerprint density at radius 2 is 1.58 bits per heavy atom. The molecular weight excluding hydrogens is 336 g/mol. The van der Waals surface area contributed by atoms with Gasteiger partial charge in [-0.25, -0.2) is 12.1 Å². The molecule has 2 heterocycles. The molecule has 0 atom stereocenters. The molecule has 2 aromatic heterocycles. The van der Waals surface area contributed by atoms with Crippen LogP contribution in [0.15, 0.2) is 91.1 Å². The maximum absolute atomic E-state index is 4.79. The number of pyridine rings is 1. The summed E-state index contributed by atoms with van der Waals surface area (Å²) < 4.78 is 0. The molecule has 0 aliphatic carbocycles. The van der Waals surface area contributed by atoms with Gasteiger partial charge in [0, 0.05) is 11.1 Å². The van der Waals surface area contributed by atoms with Crippen LogP contribution in [0.25, 0.3) is 33.1 Å². The largest absolute Gasteiger partial charge is 2.00 e. The fraction of sp³-hybridized carbons (Fsp3) is 0. The standard InChI is InChI=1S/C16H11N2.C5H5.Fe/c1-2-6-11(5-1)15-16-13(9-10-17-16)12-7-3-4-8-14(12)18-15;1-2-4-5-3-1;/h1-10,17H;1-5H;/q2*-1;+2. The topological polar surface area (TPSA) is 28.7 Å². The van der Waals surface area contributed by atoms with E-state index in [0.29, 0.717) is 0 Å². The van der Waals surface area contributed by atoms with Crippen LogP contribution in [0.1, 0.15) is 0 Å². The predicted molar refractivity (Wildman–Crippen MR) is 96.7 cm³/mol. The van der Waals surface area contributed by atoms with E-state index in [0.717, 1.165) is 22.3 Å². The van der Waals surface area contributed by atoms with E-state index in [1.54, 1.807) is 0 Å².